The molecule has 110 valence electrons. The summed E-state index contributed by atoms with van der Waals surface area (Å²) in [5, 5.41) is 0.559. The van der Waals surface area contributed by atoms with Crippen LogP contribution >= 0.6 is 23.2 Å². The van der Waals surface area contributed by atoms with Gasteiger partial charge in [-0.05, 0) is 12.1 Å². The highest BCUT2D eigenvalue weighted by Gasteiger charge is 2.52. The number of rotatable bonds is 2. The molecule has 0 N–H and O–H groups in total. The maximum atomic E-state index is 12.6. The van der Waals surface area contributed by atoms with Crippen molar-refractivity contribution < 1.29 is 17.9 Å². The molecule has 8 heteroatoms. The van der Waals surface area contributed by atoms with Gasteiger partial charge in [0.05, 0.1) is 27.9 Å². The minimum atomic E-state index is -4.44. The van der Waals surface area contributed by atoms with Crippen LogP contribution in [0.3, 0.4) is 0 Å². The molecule has 3 heterocycles. The van der Waals surface area contributed by atoms with Gasteiger partial charge in [-0.15, -0.1) is 0 Å². The Balaban J connectivity index is 2.04. The van der Waals surface area contributed by atoms with Gasteiger partial charge < -0.3 is 4.74 Å². The summed E-state index contributed by atoms with van der Waals surface area (Å²) in [6.45, 7) is 0.245. The van der Waals surface area contributed by atoms with Gasteiger partial charge in [-0.1, -0.05) is 23.2 Å². The molecular formula is C13H7Cl2F3N2O. The van der Waals surface area contributed by atoms with E-state index in [1.54, 1.807) is 0 Å². The SMILES string of the molecule is FC(F)(F)c1ccc(C2(c3c(Cl)cncc3Cl)CO2)nc1. The van der Waals surface area contributed by atoms with Crippen LogP contribution in [0.25, 0.3) is 0 Å². The quantitative estimate of drug-likeness (QED) is 0.777. The first kappa shape index (κ1) is 14.6. The van der Waals surface area contributed by atoms with Gasteiger partial charge in [-0.25, -0.2) is 0 Å². The lowest BCUT2D eigenvalue weighted by Crippen LogP contribution is -2.16. The second-order valence-corrected chi connectivity index (χ2v) is 5.34. The van der Waals surface area contributed by atoms with E-state index >= 15 is 0 Å². The molecule has 3 rings (SSSR count). The van der Waals surface area contributed by atoms with Crippen molar-refractivity contribution in [3.63, 3.8) is 0 Å². The Bertz CT molecular complexity index is 665. The zero-order chi connectivity index (χ0) is 15.3. The lowest BCUT2D eigenvalue weighted by molar-refractivity contribution is -0.137. The van der Waals surface area contributed by atoms with Crippen LogP contribution in [-0.2, 0) is 16.5 Å². The fourth-order valence-corrected chi connectivity index (χ4v) is 2.76. The Morgan fingerprint density at radius 1 is 1.10 bits per heavy atom. The summed E-state index contributed by atoms with van der Waals surface area (Å²) in [6, 6.07) is 2.22. The smallest absolute Gasteiger partial charge is 0.358 e. The Morgan fingerprint density at radius 3 is 2.14 bits per heavy atom. The molecule has 0 amide bonds. The summed E-state index contributed by atoms with van der Waals surface area (Å²) in [5.74, 6) is 0. The van der Waals surface area contributed by atoms with E-state index in [1.807, 2.05) is 0 Å². The van der Waals surface area contributed by atoms with Crippen molar-refractivity contribution in [2.45, 2.75) is 11.8 Å². The summed E-state index contributed by atoms with van der Waals surface area (Å²) in [4.78, 5) is 7.69. The third-order valence-electron chi connectivity index (χ3n) is 3.19. The molecule has 2 aromatic heterocycles. The van der Waals surface area contributed by atoms with Crippen LogP contribution < -0.4 is 0 Å². The molecule has 1 saturated heterocycles. The van der Waals surface area contributed by atoms with E-state index in [0.717, 1.165) is 12.3 Å². The molecule has 0 aromatic carbocycles. The van der Waals surface area contributed by atoms with Gasteiger partial charge in [-0.2, -0.15) is 13.2 Å². The van der Waals surface area contributed by atoms with E-state index in [2.05, 4.69) is 9.97 Å². The molecule has 1 aliphatic heterocycles. The number of halogens is 5. The van der Waals surface area contributed by atoms with Crippen molar-refractivity contribution in [1.29, 1.82) is 0 Å². The van der Waals surface area contributed by atoms with Crippen LogP contribution in [0.2, 0.25) is 10.0 Å². The summed E-state index contributed by atoms with van der Waals surface area (Å²) in [5.41, 5.74) is -1.03. The Morgan fingerprint density at radius 2 is 1.71 bits per heavy atom. The van der Waals surface area contributed by atoms with E-state index < -0.39 is 17.3 Å². The Kier molecular flexibility index (Phi) is 3.35. The summed E-state index contributed by atoms with van der Waals surface area (Å²) < 4.78 is 43.1. The fraction of sp³-hybridized carbons (Fsp3) is 0.231. The van der Waals surface area contributed by atoms with Crippen LogP contribution in [0.15, 0.2) is 30.7 Å². The number of aromatic nitrogens is 2. The van der Waals surface area contributed by atoms with Crippen LogP contribution in [0, 0.1) is 0 Å². The van der Waals surface area contributed by atoms with Crippen molar-refractivity contribution in [2.75, 3.05) is 6.61 Å². The largest absolute Gasteiger partial charge is 0.417 e. The number of hydrogen-bond acceptors (Lipinski definition) is 3. The standard InChI is InChI=1S/C13H7Cl2F3N2O/c14-8-4-19-5-9(15)11(8)12(6-21-12)10-2-1-7(3-20-10)13(16,17)18/h1-5H,6H2. The predicted octanol–water partition coefficient (Wildman–Crippen LogP) is 4.08. The van der Waals surface area contributed by atoms with Crippen LogP contribution in [0.1, 0.15) is 16.8 Å². The molecule has 1 atom stereocenters. The van der Waals surface area contributed by atoms with Gasteiger partial charge in [0.25, 0.3) is 0 Å². The first-order valence-corrected chi connectivity index (χ1v) is 6.57. The number of epoxide rings is 1. The van der Waals surface area contributed by atoms with E-state index in [0.29, 0.717) is 11.3 Å². The Labute approximate surface area is 127 Å². The molecule has 0 aliphatic carbocycles. The monoisotopic (exact) mass is 334 g/mol. The number of hydrogen-bond donors (Lipinski definition) is 0. The van der Waals surface area contributed by atoms with E-state index in [4.69, 9.17) is 27.9 Å². The first-order chi connectivity index (χ1) is 9.84. The van der Waals surface area contributed by atoms with Crippen molar-refractivity contribution in [1.82, 2.24) is 9.97 Å². The van der Waals surface area contributed by atoms with Crippen molar-refractivity contribution in [3.8, 4) is 0 Å². The Hall–Kier alpha value is -1.37. The molecule has 1 fully saturated rings. The van der Waals surface area contributed by atoms with Gasteiger partial charge >= 0.3 is 6.18 Å². The van der Waals surface area contributed by atoms with Crippen molar-refractivity contribution in [3.05, 3.63) is 57.6 Å². The third kappa shape index (κ3) is 2.47. The van der Waals surface area contributed by atoms with Crippen LogP contribution in [-0.4, -0.2) is 16.6 Å². The number of pyridine rings is 2. The van der Waals surface area contributed by atoms with E-state index in [9.17, 15) is 13.2 Å². The van der Waals surface area contributed by atoms with Gasteiger partial charge in [0.1, 0.15) is 0 Å². The minimum Gasteiger partial charge on any atom is -0.358 e. The first-order valence-electron chi connectivity index (χ1n) is 5.82. The molecule has 21 heavy (non-hydrogen) atoms. The summed E-state index contributed by atoms with van der Waals surface area (Å²) in [7, 11) is 0. The highest BCUT2D eigenvalue weighted by Crippen LogP contribution is 2.49. The molecule has 1 unspecified atom stereocenters. The van der Waals surface area contributed by atoms with Gasteiger partial charge in [0, 0.05) is 24.2 Å². The highest BCUT2D eigenvalue weighted by molar-refractivity contribution is 6.36. The molecule has 2 aromatic rings. The number of alkyl halides is 3. The molecular weight excluding hydrogens is 328 g/mol. The number of nitrogens with zero attached hydrogens (tertiary/aromatic N) is 2. The maximum absolute atomic E-state index is 12.6. The zero-order valence-electron chi connectivity index (χ0n) is 10.3. The average Bonchev–Trinajstić information content (AvgIpc) is 3.19. The van der Waals surface area contributed by atoms with Crippen LogP contribution in [0.4, 0.5) is 13.2 Å². The molecule has 1 aliphatic rings. The van der Waals surface area contributed by atoms with Gasteiger partial charge in [0.2, 0.25) is 0 Å². The zero-order valence-corrected chi connectivity index (χ0v) is 11.8. The molecule has 0 saturated carbocycles. The molecule has 0 bridgehead atoms. The minimum absolute atomic E-state index is 0.245. The molecule has 0 spiro atoms. The van der Waals surface area contributed by atoms with Gasteiger partial charge in [0.15, 0.2) is 5.60 Å². The lowest BCUT2D eigenvalue weighted by Gasteiger charge is -2.15. The van der Waals surface area contributed by atoms with Crippen LogP contribution in [0.5, 0.6) is 0 Å². The fourth-order valence-electron chi connectivity index (χ4n) is 2.09. The summed E-state index contributed by atoms with van der Waals surface area (Å²) in [6.07, 6.45) is -0.872. The van der Waals surface area contributed by atoms with E-state index in [1.165, 1.54) is 18.5 Å². The predicted molar refractivity (Wildman–Crippen MR) is 70.2 cm³/mol. The van der Waals surface area contributed by atoms with Crippen molar-refractivity contribution >= 4 is 23.2 Å². The topological polar surface area (TPSA) is 38.3 Å². The normalized spacial score (nSPS) is 21.4. The molecule has 3 nitrogen and oxygen atoms in total. The second-order valence-electron chi connectivity index (χ2n) is 4.52. The highest BCUT2D eigenvalue weighted by atomic mass is 35.5. The van der Waals surface area contributed by atoms with Gasteiger partial charge in [-0.3, -0.25) is 9.97 Å². The maximum Gasteiger partial charge on any atom is 0.417 e. The average molecular weight is 335 g/mol. The molecule has 0 radical (unpaired) electrons. The lowest BCUT2D eigenvalue weighted by atomic mass is 9.96. The third-order valence-corrected chi connectivity index (χ3v) is 3.77. The van der Waals surface area contributed by atoms with Crippen molar-refractivity contribution in [2.24, 2.45) is 0 Å². The van der Waals surface area contributed by atoms with E-state index in [-0.39, 0.29) is 16.7 Å². The number of ether oxygens (including phenoxy) is 1. The summed E-state index contributed by atoms with van der Waals surface area (Å²) >= 11 is 12.1. The second kappa shape index (κ2) is 4.83.